The van der Waals surface area contributed by atoms with Crippen LogP contribution in [0.1, 0.15) is 29.6 Å². The monoisotopic (exact) mass is 401 g/mol. The number of likely N-dealkylation sites (tertiary alicyclic amines) is 2. The molecule has 3 fully saturated rings. The van der Waals surface area contributed by atoms with Crippen molar-refractivity contribution in [3.8, 4) is 5.75 Å². The highest BCUT2D eigenvalue weighted by atomic mass is 16.5. The first kappa shape index (κ1) is 20.2. The molecule has 0 aromatic heterocycles. The first-order valence-corrected chi connectivity index (χ1v) is 10.5. The molecule has 0 bridgehead atoms. The molecule has 158 valence electrons. The third-order valence-electron chi connectivity index (χ3n) is 7.26. The Balaban J connectivity index is 1.48. The summed E-state index contributed by atoms with van der Waals surface area (Å²) in [5.41, 5.74) is 0.303. The molecule has 1 N–H and O–H groups in total. The Morgan fingerprint density at radius 1 is 1.10 bits per heavy atom. The van der Waals surface area contributed by atoms with E-state index in [9.17, 15) is 9.59 Å². The van der Waals surface area contributed by atoms with Crippen molar-refractivity contribution < 1.29 is 19.1 Å². The molecule has 3 aliphatic heterocycles. The number of ether oxygens (including phenoxy) is 2. The predicted octanol–water partition coefficient (Wildman–Crippen LogP) is 1.39. The molecular formula is C22H31N3O4. The van der Waals surface area contributed by atoms with E-state index in [0.717, 1.165) is 51.2 Å². The Hall–Kier alpha value is -2.12. The minimum atomic E-state index is -0.323. The minimum Gasteiger partial charge on any atom is -0.497 e. The summed E-state index contributed by atoms with van der Waals surface area (Å²) in [6.45, 7) is 5.38. The van der Waals surface area contributed by atoms with Crippen molar-refractivity contribution in [3.63, 3.8) is 0 Å². The third kappa shape index (κ3) is 3.40. The number of methoxy groups -OCH3 is 2. The van der Waals surface area contributed by atoms with Crippen LogP contribution >= 0.6 is 0 Å². The summed E-state index contributed by atoms with van der Waals surface area (Å²) < 4.78 is 10.5. The van der Waals surface area contributed by atoms with E-state index in [-0.39, 0.29) is 22.6 Å². The van der Waals surface area contributed by atoms with Gasteiger partial charge in [-0.2, -0.15) is 0 Å². The lowest BCUT2D eigenvalue weighted by molar-refractivity contribution is -0.133. The number of nitrogens with one attached hydrogen (secondary N) is 1. The normalized spacial score (nSPS) is 26.3. The number of hydrogen-bond donors (Lipinski definition) is 1. The van der Waals surface area contributed by atoms with Crippen molar-refractivity contribution in [1.29, 1.82) is 0 Å². The maximum absolute atomic E-state index is 13.0. The van der Waals surface area contributed by atoms with E-state index in [2.05, 4.69) is 10.2 Å². The van der Waals surface area contributed by atoms with Gasteiger partial charge in [-0.25, -0.2) is 0 Å². The standard InChI is InChI=1S/C22H31N3O4/c1-28-14-13-24-15-21(22(16-24)7-10-23-20(22)27)8-11-25(12-9-21)19(26)17-3-5-18(29-2)6-4-17/h3-6H,7-16H2,1-2H3,(H,23,27). The van der Waals surface area contributed by atoms with Crippen LogP contribution in [0.5, 0.6) is 5.75 Å². The number of carbonyl (C=O) groups excluding carboxylic acids is 2. The molecule has 0 radical (unpaired) electrons. The van der Waals surface area contributed by atoms with Gasteiger partial charge in [0, 0.05) is 57.4 Å². The summed E-state index contributed by atoms with van der Waals surface area (Å²) in [5, 5.41) is 3.08. The summed E-state index contributed by atoms with van der Waals surface area (Å²) in [6.07, 6.45) is 2.62. The summed E-state index contributed by atoms with van der Waals surface area (Å²) >= 11 is 0. The maximum Gasteiger partial charge on any atom is 0.253 e. The zero-order valence-corrected chi connectivity index (χ0v) is 17.4. The molecule has 1 aromatic rings. The van der Waals surface area contributed by atoms with Gasteiger partial charge in [-0.05, 0) is 43.5 Å². The molecule has 7 nitrogen and oxygen atoms in total. The molecule has 0 saturated carbocycles. The zero-order valence-electron chi connectivity index (χ0n) is 17.4. The number of piperidine rings is 1. The molecule has 3 heterocycles. The first-order valence-electron chi connectivity index (χ1n) is 10.5. The lowest BCUT2D eigenvalue weighted by Gasteiger charge is -2.46. The average molecular weight is 402 g/mol. The van der Waals surface area contributed by atoms with Crippen molar-refractivity contribution in [3.05, 3.63) is 29.8 Å². The molecule has 2 amide bonds. The first-order chi connectivity index (χ1) is 14.0. The third-order valence-corrected chi connectivity index (χ3v) is 7.26. The molecule has 0 aliphatic carbocycles. The second-order valence-electron chi connectivity index (χ2n) is 8.59. The van der Waals surface area contributed by atoms with Crippen LogP contribution in [-0.2, 0) is 9.53 Å². The fraction of sp³-hybridized carbons (Fsp3) is 0.636. The summed E-state index contributed by atoms with van der Waals surface area (Å²) in [7, 11) is 3.33. The molecule has 3 aliphatic rings. The van der Waals surface area contributed by atoms with Gasteiger partial charge >= 0.3 is 0 Å². The molecule has 2 spiro atoms. The van der Waals surface area contributed by atoms with Crippen LogP contribution in [0.3, 0.4) is 0 Å². The smallest absolute Gasteiger partial charge is 0.253 e. The molecule has 7 heteroatoms. The molecule has 1 atom stereocenters. The number of fused-ring (bicyclic) bond motifs is 1. The van der Waals surface area contributed by atoms with Crippen molar-refractivity contribution in [2.45, 2.75) is 19.3 Å². The van der Waals surface area contributed by atoms with Crippen LogP contribution in [0.4, 0.5) is 0 Å². The molecule has 1 unspecified atom stereocenters. The van der Waals surface area contributed by atoms with Crippen LogP contribution in [0, 0.1) is 10.8 Å². The van der Waals surface area contributed by atoms with E-state index in [1.54, 1.807) is 14.2 Å². The van der Waals surface area contributed by atoms with Gasteiger partial charge in [0.25, 0.3) is 5.91 Å². The highest BCUT2D eigenvalue weighted by molar-refractivity contribution is 5.94. The van der Waals surface area contributed by atoms with Crippen molar-refractivity contribution >= 4 is 11.8 Å². The van der Waals surface area contributed by atoms with E-state index >= 15 is 0 Å². The highest BCUT2D eigenvalue weighted by Crippen LogP contribution is 2.56. The Bertz CT molecular complexity index is 758. The predicted molar refractivity (Wildman–Crippen MR) is 109 cm³/mol. The van der Waals surface area contributed by atoms with E-state index in [4.69, 9.17) is 9.47 Å². The summed E-state index contributed by atoms with van der Waals surface area (Å²) in [5.74, 6) is 1.00. The molecule has 1 aromatic carbocycles. The number of benzene rings is 1. The van der Waals surface area contributed by atoms with Crippen molar-refractivity contribution in [2.75, 3.05) is 60.1 Å². The van der Waals surface area contributed by atoms with Crippen molar-refractivity contribution in [2.24, 2.45) is 10.8 Å². The summed E-state index contributed by atoms with van der Waals surface area (Å²) in [6, 6.07) is 7.28. The quantitative estimate of drug-likeness (QED) is 0.807. The Kier molecular flexibility index (Phi) is 5.53. The number of hydrogen-bond acceptors (Lipinski definition) is 5. The van der Waals surface area contributed by atoms with E-state index in [0.29, 0.717) is 25.3 Å². The van der Waals surface area contributed by atoms with Crippen LogP contribution in [0.2, 0.25) is 0 Å². The van der Waals surface area contributed by atoms with E-state index < -0.39 is 0 Å². The van der Waals surface area contributed by atoms with E-state index in [1.807, 2.05) is 29.2 Å². The SMILES string of the molecule is COCCN1CC2(CCN(C(=O)c3ccc(OC)cc3)CC2)C2(CCNC2=O)C1. The fourth-order valence-electron chi connectivity index (χ4n) is 5.58. The average Bonchev–Trinajstić information content (AvgIpc) is 3.27. The van der Waals surface area contributed by atoms with Crippen LogP contribution in [-0.4, -0.2) is 81.7 Å². The fourth-order valence-corrected chi connectivity index (χ4v) is 5.58. The van der Waals surface area contributed by atoms with Gasteiger partial charge in [-0.3, -0.25) is 14.5 Å². The second kappa shape index (κ2) is 7.95. The highest BCUT2D eigenvalue weighted by Gasteiger charge is 2.63. The Morgan fingerprint density at radius 3 is 2.41 bits per heavy atom. The van der Waals surface area contributed by atoms with Gasteiger partial charge in [0.05, 0.1) is 19.1 Å². The molecular weight excluding hydrogens is 370 g/mol. The van der Waals surface area contributed by atoms with Crippen LogP contribution in [0.25, 0.3) is 0 Å². The van der Waals surface area contributed by atoms with Gasteiger partial charge in [-0.1, -0.05) is 0 Å². The van der Waals surface area contributed by atoms with Gasteiger partial charge in [0.1, 0.15) is 5.75 Å². The number of rotatable bonds is 5. The second-order valence-corrected chi connectivity index (χ2v) is 8.59. The largest absolute Gasteiger partial charge is 0.497 e. The lowest BCUT2D eigenvalue weighted by Crippen LogP contribution is -2.53. The Labute approximate surface area is 172 Å². The Morgan fingerprint density at radius 2 is 1.83 bits per heavy atom. The van der Waals surface area contributed by atoms with Crippen LogP contribution < -0.4 is 10.1 Å². The number of carbonyl (C=O) groups is 2. The lowest BCUT2D eigenvalue weighted by atomic mass is 9.60. The van der Waals surface area contributed by atoms with Gasteiger partial charge < -0.3 is 19.7 Å². The van der Waals surface area contributed by atoms with Crippen molar-refractivity contribution in [1.82, 2.24) is 15.1 Å². The molecule has 4 rings (SSSR count). The zero-order chi connectivity index (χ0) is 20.5. The van der Waals surface area contributed by atoms with Gasteiger partial charge in [0.2, 0.25) is 5.91 Å². The summed E-state index contributed by atoms with van der Waals surface area (Å²) in [4.78, 5) is 30.2. The number of amides is 2. The minimum absolute atomic E-state index is 0.0571. The van der Waals surface area contributed by atoms with E-state index in [1.165, 1.54) is 0 Å². The topological polar surface area (TPSA) is 71.1 Å². The molecule has 3 saturated heterocycles. The van der Waals surface area contributed by atoms with Gasteiger partial charge in [-0.15, -0.1) is 0 Å². The maximum atomic E-state index is 13.0. The van der Waals surface area contributed by atoms with Crippen LogP contribution in [0.15, 0.2) is 24.3 Å². The van der Waals surface area contributed by atoms with Gasteiger partial charge in [0.15, 0.2) is 0 Å². The molecule has 29 heavy (non-hydrogen) atoms. The number of nitrogens with zero attached hydrogens (tertiary/aromatic N) is 2.